The number of aromatic nitrogens is 2. The highest BCUT2D eigenvalue weighted by atomic mass is 32.2. The fourth-order valence-corrected chi connectivity index (χ4v) is 4.62. The van der Waals surface area contributed by atoms with Gasteiger partial charge in [0.2, 0.25) is 15.0 Å². The second-order valence-electron chi connectivity index (χ2n) is 6.30. The van der Waals surface area contributed by atoms with E-state index in [4.69, 9.17) is 4.74 Å². The SMILES string of the molecule is CN(Cc1cccs1)Cc1cnc(S(C)(=O)=O)n1C[C@H]1CCCO1. The van der Waals surface area contributed by atoms with Crippen molar-refractivity contribution in [2.45, 2.75) is 43.7 Å². The van der Waals surface area contributed by atoms with Crippen molar-refractivity contribution in [3.05, 3.63) is 34.3 Å². The van der Waals surface area contributed by atoms with Crippen molar-refractivity contribution in [3.8, 4) is 0 Å². The fourth-order valence-electron chi connectivity index (χ4n) is 3.00. The molecule has 1 aliphatic rings. The number of hydrogen-bond donors (Lipinski definition) is 0. The van der Waals surface area contributed by atoms with Gasteiger partial charge in [0.05, 0.1) is 24.5 Å². The lowest BCUT2D eigenvalue weighted by molar-refractivity contribution is 0.0934. The van der Waals surface area contributed by atoms with Gasteiger partial charge in [-0.05, 0) is 31.3 Å². The summed E-state index contributed by atoms with van der Waals surface area (Å²) in [5.74, 6) is 0. The van der Waals surface area contributed by atoms with Crippen molar-refractivity contribution in [1.82, 2.24) is 14.5 Å². The van der Waals surface area contributed by atoms with E-state index >= 15 is 0 Å². The molecule has 3 rings (SSSR count). The third kappa shape index (κ3) is 4.24. The molecule has 2 aromatic heterocycles. The Labute approximate surface area is 147 Å². The minimum absolute atomic E-state index is 0.0704. The Morgan fingerprint density at radius 2 is 2.29 bits per heavy atom. The summed E-state index contributed by atoms with van der Waals surface area (Å²) in [5.41, 5.74) is 0.907. The van der Waals surface area contributed by atoms with E-state index in [1.165, 1.54) is 11.1 Å². The monoisotopic (exact) mass is 369 g/mol. The van der Waals surface area contributed by atoms with E-state index in [1.54, 1.807) is 17.5 Å². The standard InChI is InChI=1S/C16H23N3O3S2/c1-18(12-15-6-4-8-23-15)10-13-9-17-16(24(2,20)21)19(13)11-14-5-3-7-22-14/h4,6,8-9,14H,3,5,7,10-12H2,1-2H3/t14-/m1/s1. The van der Waals surface area contributed by atoms with Crippen LogP contribution in [0.4, 0.5) is 0 Å². The van der Waals surface area contributed by atoms with Crippen molar-refractivity contribution in [2.75, 3.05) is 19.9 Å². The third-order valence-corrected chi connectivity index (χ3v) is 5.93. The molecule has 0 spiro atoms. The summed E-state index contributed by atoms with van der Waals surface area (Å²) in [6.07, 6.45) is 4.95. The fraction of sp³-hybridized carbons (Fsp3) is 0.562. The van der Waals surface area contributed by atoms with Gasteiger partial charge in [-0.15, -0.1) is 11.3 Å². The van der Waals surface area contributed by atoms with Gasteiger partial charge in [-0.25, -0.2) is 13.4 Å². The van der Waals surface area contributed by atoms with Gasteiger partial charge in [0.15, 0.2) is 0 Å². The van der Waals surface area contributed by atoms with E-state index in [1.807, 2.05) is 17.7 Å². The molecule has 1 atom stereocenters. The molecule has 1 fully saturated rings. The molecular formula is C16H23N3O3S2. The van der Waals surface area contributed by atoms with E-state index < -0.39 is 9.84 Å². The number of nitrogens with zero attached hydrogens (tertiary/aromatic N) is 3. The molecule has 0 radical (unpaired) electrons. The van der Waals surface area contributed by atoms with Gasteiger partial charge in [0.25, 0.3) is 0 Å². The minimum atomic E-state index is -3.36. The maximum absolute atomic E-state index is 12.0. The molecule has 0 bridgehead atoms. The Kier molecular flexibility index (Phi) is 5.39. The van der Waals surface area contributed by atoms with Crippen LogP contribution >= 0.6 is 11.3 Å². The first kappa shape index (κ1) is 17.6. The number of sulfone groups is 1. The van der Waals surface area contributed by atoms with E-state index in [-0.39, 0.29) is 11.3 Å². The highest BCUT2D eigenvalue weighted by Crippen LogP contribution is 2.20. The highest BCUT2D eigenvalue weighted by Gasteiger charge is 2.24. The van der Waals surface area contributed by atoms with Crippen LogP contribution in [0.3, 0.4) is 0 Å². The average molecular weight is 370 g/mol. The Bertz CT molecular complexity index is 763. The van der Waals surface area contributed by atoms with E-state index in [9.17, 15) is 8.42 Å². The van der Waals surface area contributed by atoms with Gasteiger partial charge in [0, 0.05) is 30.8 Å². The molecule has 0 aromatic carbocycles. The number of rotatable bonds is 7. The topological polar surface area (TPSA) is 64.4 Å². The minimum Gasteiger partial charge on any atom is -0.376 e. The quantitative estimate of drug-likeness (QED) is 0.748. The van der Waals surface area contributed by atoms with Crippen LogP contribution < -0.4 is 0 Å². The van der Waals surface area contributed by atoms with Crippen molar-refractivity contribution in [1.29, 1.82) is 0 Å². The highest BCUT2D eigenvalue weighted by molar-refractivity contribution is 7.90. The Hall–Kier alpha value is -1.22. The van der Waals surface area contributed by atoms with E-state index in [0.717, 1.165) is 31.7 Å². The predicted molar refractivity (Wildman–Crippen MR) is 93.8 cm³/mol. The molecule has 24 heavy (non-hydrogen) atoms. The van der Waals surface area contributed by atoms with Crippen LogP contribution in [0.15, 0.2) is 28.9 Å². The van der Waals surface area contributed by atoms with Crippen LogP contribution in [0.5, 0.6) is 0 Å². The number of ether oxygens (including phenoxy) is 1. The Morgan fingerprint density at radius 1 is 1.46 bits per heavy atom. The summed E-state index contributed by atoms with van der Waals surface area (Å²) in [7, 11) is -1.33. The number of imidazole rings is 1. The Morgan fingerprint density at radius 3 is 2.92 bits per heavy atom. The normalized spacial score (nSPS) is 18.5. The van der Waals surface area contributed by atoms with Crippen LogP contribution in [0.25, 0.3) is 0 Å². The second-order valence-corrected chi connectivity index (χ2v) is 9.24. The molecule has 0 saturated carbocycles. The molecule has 0 N–H and O–H groups in total. The van der Waals surface area contributed by atoms with Gasteiger partial charge < -0.3 is 9.30 Å². The van der Waals surface area contributed by atoms with E-state index in [2.05, 4.69) is 21.3 Å². The maximum atomic E-state index is 12.0. The summed E-state index contributed by atoms with van der Waals surface area (Å²) in [5, 5.41) is 2.20. The molecule has 6 nitrogen and oxygen atoms in total. The third-order valence-electron chi connectivity index (χ3n) is 4.08. The van der Waals surface area contributed by atoms with Gasteiger partial charge >= 0.3 is 0 Å². The Balaban J connectivity index is 1.79. The molecule has 3 heterocycles. The molecule has 0 aliphatic carbocycles. The number of thiophene rings is 1. The zero-order chi connectivity index (χ0) is 17.2. The van der Waals surface area contributed by atoms with Gasteiger partial charge in [-0.2, -0.15) is 0 Å². The van der Waals surface area contributed by atoms with E-state index in [0.29, 0.717) is 13.1 Å². The molecule has 2 aromatic rings. The molecule has 1 aliphatic heterocycles. The van der Waals surface area contributed by atoms with Gasteiger partial charge in [0.1, 0.15) is 0 Å². The molecular weight excluding hydrogens is 346 g/mol. The van der Waals surface area contributed by atoms with Crippen LogP contribution in [0.2, 0.25) is 0 Å². The smallest absolute Gasteiger partial charge is 0.227 e. The van der Waals surface area contributed by atoms with Crippen LogP contribution in [-0.4, -0.2) is 48.9 Å². The molecule has 8 heteroatoms. The molecule has 0 unspecified atom stereocenters. The lowest BCUT2D eigenvalue weighted by Gasteiger charge is -2.19. The number of hydrogen-bond acceptors (Lipinski definition) is 6. The van der Waals surface area contributed by atoms with Crippen molar-refractivity contribution < 1.29 is 13.2 Å². The summed E-state index contributed by atoms with van der Waals surface area (Å²) in [6.45, 7) is 2.77. The van der Waals surface area contributed by atoms with Crippen molar-refractivity contribution >= 4 is 21.2 Å². The average Bonchev–Trinajstić information content (AvgIpc) is 3.21. The summed E-state index contributed by atoms with van der Waals surface area (Å²) < 4.78 is 31.6. The summed E-state index contributed by atoms with van der Waals surface area (Å²) in [4.78, 5) is 7.63. The summed E-state index contributed by atoms with van der Waals surface area (Å²) in [6, 6.07) is 4.14. The van der Waals surface area contributed by atoms with Crippen molar-refractivity contribution in [2.24, 2.45) is 0 Å². The van der Waals surface area contributed by atoms with Crippen LogP contribution in [-0.2, 0) is 34.2 Å². The molecule has 132 valence electrons. The first-order chi connectivity index (χ1) is 11.4. The second kappa shape index (κ2) is 7.35. The largest absolute Gasteiger partial charge is 0.376 e. The van der Waals surface area contributed by atoms with Crippen LogP contribution in [0, 0.1) is 0 Å². The first-order valence-electron chi connectivity index (χ1n) is 8.00. The van der Waals surface area contributed by atoms with Crippen molar-refractivity contribution in [3.63, 3.8) is 0 Å². The molecule has 1 saturated heterocycles. The van der Waals surface area contributed by atoms with Gasteiger partial charge in [-0.3, -0.25) is 4.90 Å². The zero-order valence-corrected chi connectivity index (χ0v) is 15.6. The van der Waals surface area contributed by atoms with Gasteiger partial charge in [-0.1, -0.05) is 6.07 Å². The maximum Gasteiger partial charge on any atom is 0.227 e. The lowest BCUT2D eigenvalue weighted by atomic mass is 10.2. The lowest BCUT2D eigenvalue weighted by Crippen LogP contribution is -2.24. The van der Waals surface area contributed by atoms with Crippen LogP contribution in [0.1, 0.15) is 23.4 Å². The zero-order valence-electron chi connectivity index (χ0n) is 14.0. The molecule has 0 amide bonds. The first-order valence-corrected chi connectivity index (χ1v) is 10.8. The summed E-state index contributed by atoms with van der Waals surface area (Å²) >= 11 is 1.72. The predicted octanol–water partition coefficient (Wildman–Crippen LogP) is 2.16.